The summed E-state index contributed by atoms with van der Waals surface area (Å²) in [5, 5.41) is 18.8. The summed E-state index contributed by atoms with van der Waals surface area (Å²) in [4.78, 5) is 23.0. The van der Waals surface area contributed by atoms with Crippen LogP contribution in [-0.4, -0.2) is 34.4 Å². The maximum Gasteiger partial charge on any atom is 0.336 e. The van der Waals surface area contributed by atoms with Gasteiger partial charge in [-0.15, -0.1) is 0 Å². The second-order valence-corrected chi connectivity index (χ2v) is 6.11. The topological polar surface area (TPSA) is 93.1 Å². The molecular formula is C20H22O6. The standard InChI is InChI=1S/C20H22O6/c1-13-3-7-15(8-4-13)11-25-17(19(21)22)18(20(23)24)26-12-16-9-5-14(2)6-10-16/h3-10,17-18H,11-12H2,1-2H3,(H,21,22)(H,23,24)/t17-,18-/m1/s1. The number of hydrogen-bond acceptors (Lipinski definition) is 4. The summed E-state index contributed by atoms with van der Waals surface area (Å²) < 4.78 is 10.7. The van der Waals surface area contributed by atoms with Crippen LogP contribution in [0.1, 0.15) is 22.3 Å². The number of aryl methyl sites for hydroxylation is 2. The molecule has 2 atom stereocenters. The van der Waals surface area contributed by atoms with Gasteiger partial charge in [0.05, 0.1) is 13.2 Å². The van der Waals surface area contributed by atoms with Gasteiger partial charge in [0, 0.05) is 0 Å². The van der Waals surface area contributed by atoms with Crippen LogP contribution in [0.25, 0.3) is 0 Å². The number of aliphatic carboxylic acids is 2. The van der Waals surface area contributed by atoms with E-state index < -0.39 is 24.1 Å². The van der Waals surface area contributed by atoms with Gasteiger partial charge < -0.3 is 19.7 Å². The number of carboxylic acids is 2. The number of carboxylic acid groups (broad SMARTS) is 2. The van der Waals surface area contributed by atoms with Crippen molar-refractivity contribution >= 4 is 11.9 Å². The van der Waals surface area contributed by atoms with Crippen LogP contribution in [0.2, 0.25) is 0 Å². The van der Waals surface area contributed by atoms with E-state index in [2.05, 4.69) is 0 Å². The van der Waals surface area contributed by atoms with Crippen LogP contribution >= 0.6 is 0 Å². The Balaban J connectivity index is 2.04. The lowest BCUT2D eigenvalue weighted by Gasteiger charge is -2.21. The van der Waals surface area contributed by atoms with Crippen molar-refractivity contribution in [2.75, 3.05) is 0 Å². The molecule has 6 nitrogen and oxygen atoms in total. The van der Waals surface area contributed by atoms with Crippen LogP contribution in [-0.2, 0) is 32.3 Å². The third kappa shape index (κ3) is 5.68. The molecular weight excluding hydrogens is 336 g/mol. The summed E-state index contributed by atoms with van der Waals surface area (Å²) >= 11 is 0. The molecule has 138 valence electrons. The van der Waals surface area contributed by atoms with Gasteiger partial charge in [-0.25, -0.2) is 9.59 Å². The van der Waals surface area contributed by atoms with E-state index in [1.807, 2.05) is 38.1 Å². The lowest BCUT2D eigenvalue weighted by atomic mass is 10.1. The molecule has 0 aliphatic heterocycles. The Morgan fingerprint density at radius 1 is 0.731 bits per heavy atom. The van der Waals surface area contributed by atoms with Crippen molar-refractivity contribution in [1.29, 1.82) is 0 Å². The molecule has 0 saturated heterocycles. The van der Waals surface area contributed by atoms with Gasteiger partial charge in [0.1, 0.15) is 0 Å². The Kier molecular flexibility index (Phi) is 6.89. The van der Waals surface area contributed by atoms with Crippen molar-refractivity contribution in [3.05, 3.63) is 70.8 Å². The minimum absolute atomic E-state index is 0.0189. The predicted molar refractivity (Wildman–Crippen MR) is 94.8 cm³/mol. The van der Waals surface area contributed by atoms with Gasteiger partial charge in [0.2, 0.25) is 0 Å². The van der Waals surface area contributed by atoms with Gasteiger partial charge in [-0.3, -0.25) is 0 Å². The average Bonchev–Trinajstić information content (AvgIpc) is 2.60. The highest BCUT2D eigenvalue weighted by Gasteiger charge is 2.36. The molecule has 0 fully saturated rings. The second kappa shape index (κ2) is 9.12. The van der Waals surface area contributed by atoms with E-state index in [-0.39, 0.29) is 13.2 Å². The second-order valence-electron chi connectivity index (χ2n) is 6.11. The van der Waals surface area contributed by atoms with E-state index in [0.29, 0.717) is 0 Å². The Morgan fingerprint density at radius 3 is 1.31 bits per heavy atom. The van der Waals surface area contributed by atoms with E-state index in [4.69, 9.17) is 9.47 Å². The summed E-state index contributed by atoms with van der Waals surface area (Å²) in [7, 11) is 0. The maximum atomic E-state index is 11.5. The molecule has 0 unspecified atom stereocenters. The molecule has 0 heterocycles. The zero-order chi connectivity index (χ0) is 19.1. The van der Waals surface area contributed by atoms with Crippen molar-refractivity contribution < 1.29 is 29.3 Å². The Hall–Kier alpha value is -2.70. The largest absolute Gasteiger partial charge is 0.479 e. The lowest BCUT2D eigenvalue weighted by molar-refractivity contribution is -0.179. The lowest BCUT2D eigenvalue weighted by Crippen LogP contribution is -2.43. The van der Waals surface area contributed by atoms with Crippen LogP contribution < -0.4 is 0 Å². The molecule has 0 aliphatic carbocycles. The van der Waals surface area contributed by atoms with E-state index in [1.54, 1.807) is 24.3 Å². The van der Waals surface area contributed by atoms with Crippen LogP contribution in [0.5, 0.6) is 0 Å². The van der Waals surface area contributed by atoms with Crippen molar-refractivity contribution in [1.82, 2.24) is 0 Å². The highest BCUT2D eigenvalue weighted by Crippen LogP contribution is 2.14. The van der Waals surface area contributed by atoms with Crippen LogP contribution in [0, 0.1) is 13.8 Å². The molecule has 2 rings (SSSR count). The molecule has 0 bridgehead atoms. The Morgan fingerprint density at radius 2 is 1.04 bits per heavy atom. The summed E-state index contributed by atoms with van der Waals surface area (Å²) in [6, 6.07) is 14.7. The van der Waals surface area contributed by atoms with Gasteiger partial charge in [-0.05, 0) is 25.0 Å². The molecule has 2 N–H and O–H groups in total. The molecule has 6 heteroatoms. The van der Waals surface area contributed by atoms with Gasteiger partial charge in [0.15, 0.2) is 12.2 Å². The summed E-state index contributed by atoms with van der Waals surface area (Å²) in [6.07, 6.45) is -3.22. The third-order valence-electron chi connectivity index (χ3n) is 3.86. The molecule has 0 radical (unpaired) electrons. The zero-order valence-corrected chi connectivity index (χ0v) is 14.7. The summed E-state index contributed by atoms with van der Waals surface area (Å²) in [6.45, 7) is 3.83. The van der Waals surface area contributed by atoms with Gasteiger partial charge in [-0.1, -0.05) is 59.7 Å². The van der Waals surface area contributed by atoms with E-state index in [1.165, 1.54) is 0 Å². The minimum Gasteiger partial charge on any atom is -0.479 e. The number of hydrogen-bond donors (Lipinski definition) is 2. The Bertz CT molecular complexity index is 670. The molecule has 0 aliphatic rings. The Labute approximate surface area is 152 Å². The van der Waals surface area contributed by atoms with Gasteiger partial charge >= 0.3 is 11.9 Å². The number of benzene rings is 2. The molecule has 2 aromatic carbocycles. The number of ether oxygens (including phenoxy) is 2. The zero-order valence-electron chi connectivity index (χ0n) is 14.7. The maximum absolute atomic E-state index is 11.5. The SMILES string of the molecule is Cc1ccc(CO[C@@H](C(=O)O)[C@@H](OCc2ccc(C)cc2)C(=O)O)cc1. The van der Waals surface area contributed by atoms with Crippen molar-refractivity contribution in [2.24, 2.45) is 0 Å². The predicted octanol–water partition coefficient (Wildman–Crippen LogP) is 2.94. The summed E-state index contributed by atoms with van der Waals surface area (Å²) in [5.74, 6) is -2.76. The first-order valence-electron chi connectivity index (χ1n) is 8.16. The fourth-order valence-electron chi connectivity index (χ4n) is 2.32. The quantitative estimate of drug-likeness (QED) is 0.716. The number of rotatable bonds is 9. The number of carbonyl (C=O) groups is 2. The average molecular weight is 358 g/mol. The fourth-order valence-corrected chi connectivity index (χ4v) is 2.32. The van der Waals surface area contributed by atoms with Crippen molar-refractivity contribution in [3.63, 3.8) is 0 Å². The van der Waals surface area contributed by atoms with Crippen LogP contribution in [0.3, 0.4) is 0 Å². The van der Waals surface area contributed by atoms with E-state index >= 15 is 0 Å². The minimum atomic E-state index is -1.61. The van der Waals surface area contributed by atoms with Crippen LogP contribution in [0.4, 0.5) is 0 Å². The highest BCUT2D eigenvalue weighted by molar-refractivity contribution is 5.83. The van der Waals surface area contributed by atoms with Crippen LogP contribution in [0.15, 0.2) is 48.5 Å². The third-order valence-corrected chi connectivity index (χ3v) is 3.86. The monoisotopic (exact) mass is 358 g/mol. The molecule has 0 spiro atoms. The van der Waals surface area contributed by atoms with E-state index in [0.717, 1.165) is 22.3 Å². The first kappa shape index (κ1) is 19.6. The highest BCUT2D eigenvalue weighted by atomic mass is 16.6. The van der Waals surface area contributed by atoms with Crippen molar-refractivity contribution in [3.8, 4) is 0 Å². The van der Waals surface area contributed by atoms with Gasteiger partial charge in [-0.2, -0.15) is 0 Å². The molecule has 0 saturated carbocycles. The molecule has 0 amide bonds. The molecule has 26 heavy (non-hydrogen) atoms. The normalized spacial score (nSPS) is 13.2. The first-order chi connectivity index (χ1) is 12.4. The smallest absolute Gasteiger partial charge is 0.336 e. The van der Waals surface area contributed by atoms with Gasteiger partial charge in [0.25, 0.3) is 0 Å². The molecule has 0 aromatic heterocycles. The summed E-state index contributed by atoms with van der Waals surface area (Å²) in [5.41, 5.74) is 3.64. The first-order valence-corrected chi connectivity index (χ1v) is 8.16. The fraction of sp³-hybridized carbons (Fsp3) is 0.300. The van der Waals surface area contributed by atoms with Crippen molar-refractivity contribution in [2.45, 2.75) is 39.3 Å². The molecule has 2 aromatic rings. The van der Waals surface area contributed by atoms with E-state index in [9.17, 15) is 19.8 Å².